The molecular weight excluding hydrogens is 422 g/mol. The molecule has 5 rings (SSSR count). The first-order valence-corrected chi connectivity index (χ1v) is 10.9. The van der Waals surface area contributed by atoms with Crippen molar-refractivity contribution in [2.45, 2.75) is 18.9 Å². The van der Waals surface area contributed by atoms with E-state index < -0.39 is 0 Å². The molecule has 1 amide bonds. The van der Waals surface area contributed by atoms with E-state index in [1.807, 2.05) is 54.7 Å². The van der Waals surface area contributed by atoms with E-state index in [2.05, 4.69) is 15.8 Å². The second-order valence-corrected chi connectivity index (χ2v) is 8.05. The van der Waals surface area contributed by atoms with Crippen molar-refractivity contribution in [1.82, 2.24) is 5.43 Å². The molecule has 1 aromatic heterocycles. The lowest BCUT2D eigenvalue weighted by atomic mass is 9.95. The number of ether oxygens (including phenoxy) is 3. The Morgan fingerprint density at radius 2 is 2.18 bits per heavy atom. The van der Waals surface area contributed by atoms with E-state index in [4.69, 9.17) is 18.6 Å². The molecule has 2 aliphatic heterocycles. The number of carbonyl (C=O) groups excluding carboxylic acids is 1. The van der Waals surface area contributed by atoms with E-state index in [-0.39, 0.29) is 24.3 Å². The van der Waals surface area contributed by atoms with Crippen molar-refractivity contribution in [1.29, 1.82) is 0 Å². The van der Waals surface area contributed by atoms with Gasteiger partial charge in [-0.15, -0.1) is 0 Å². The lowest BCUT2D eigenvalue weighted by Gasteiger charge is -2.25. The van der Waals surface area contributed by atoms with Crippen LogP contribution in [0.15, 0.2) is 64.3 Å². The molecule has 3 aromatic rings. The van der Waals surface area contributed by atoms with E-state index >= 15 is 0 Å². The Morgan fingerprint density at radius 3 is 2.97 bits per heavy atom. The minimum absolute atomic E-state index is 0.122. The zero-order valence-electron chi connectivity index (χ0n) is 18.2. The van der Waals surface area contributed by atoms with Crippen LogP contribution in [0.25, 0.3) is 0 Å². The molecule has 0 bridgehead atoms. The summed E-state index contributed by atoms with van der Waals surface area (Å²) < 4.78 is 22.5. The summed E-state index contributed by atoms with van der Waals surface area (Å²) in [5.41, 5.74) is 5.59. The standard InChI is InChI=1S/C25H25N3O5/c1-30-20-5-7-23-17(10-20)9-18(14-32-23)25(29)28-22-6-4-16(19-12-26-27-13-19)11-24(22)33-15-21-3-2-8-31-21/h2-8,10-12,18-19,27H,9,13-15H2,1H3,(H,28,29). The minimum atomic E-state index is -0.326. The molecule has 2 unspecified atom stereocenters. The molecule has 2 aliphatic rings. The first-order chi connectivity index (χ1) is 16.2. The molecule has 3 heterocycles. The Balaban J connectivity index is 1.33. The fraction of sp³-hybridized carbons (Fsp3) is 0.280. The van der Waals surface area contributed by atoms with Crippen molar-refractivity contribution in [3.05, 3.63) is 71.7 Å². The van der Waals surface area contributed by atoms with Crippen LogP contribution in [0.2, 0.25) is 0 Å². The van der Waals surface area contributed by atoms with Crippen LogP contribution >= 0.6 is 0 Å². The Morgan fingerprint density at radius 1 is 1.24 bits per heavy atom. The predicted octanol–water partition coefficient (Wildman–Crippen LogP) is 3.73. The van der Waals surface area contributed by atoms with Gasteiger partial charge < -0.3 is 29.4 Å². The van der Waals surface area contributed by atoms with Gasteiger partial charge in [0.15, 0.2) is 0 Å². The average molecular weight is 447 g/mol. The number of hydrazone groups is 1. The fourth-order valence-corrected chi connectivity index (χ4v) is 3.99. The number of fused-ring (bicyclic) bond motifs is 1. The Hall–Kier alpha value is -3.94. The number of benzene rings is 2. The number of methoxy groups -OCH3 is 1. The molecule has 8 heteroatoms. The van der Waals surface area contributed by atoms with Gasteiger partial charge in [-0.05, 0) is 60.0 Å². The van der Waals surface area contributed by atoms with E-state index in [9.17, 15) is 4.79 Å². The normalized spacial score (nSPS) is 18.7. The van der Waals surface area contributed by atoms with Crippen molar-refractivity contribution in [2.24, 2.45) is 11.0 Å². The monoisotopic (exact) mass is 447 g/mol. The van der Waals surface area contributed by atoms with Crippen molar-refractivity contribution in [2.75, 3.05) is 25.6 Å². The highest BCUT2D eigenvalue weighted by Gasteiger charge is 2.27. The number of hydrogen-bond donors (Lipinski definition) is 2. The number of amides is 1. The van der Waals surface area contributed by atoms with Crippen LogP contribution in [0.5, 0.6) is 17.2 Å². The Bertz CT molecular complexity index is 1160. The van der Waals surface area contributed by atoms with Crippen molar-refractivity contribution in [3.8, 4) is 17.2 Å². The van der Waals surface area contributed by atoms with Crippen LogP contribution in [-0.4, -0.2) is 32.4 Å². The molecule has 2 atom stereocenters. The average Bonchev–Trinajstić information content (AvgIpc) is 3.57. The number of nitrogens with one attached hydrogen (secondary N) is 2. The molecule has 8 nitrogen and oxygen atoms in total. The predicted molar refractivity (Wildman–Crippen MR) is 123 cm³/mol. The van der Waals surface area contributed by atoms with Gasteiger partial charge in [0, 0.05) is 18.7 Å². The smallest absolute Gasteiger partial charge is 0.231 e. The summed E-state index contributed by atoms with van der Waals surface area (Å²) in [6.45, 7) is 1.30. The molecule has 0 spiro atoms. The van der Waals surface area contributed by atoms with Gasteiger partial charge in [-0.25, -0.2) is 0 Å². The quantitative estimate of drug-likeness (QED) is 0.573. The fourth-order valence-electron chi connectivity index (χ4n) is 3.99. The van der Waals surface area contributed by atoms with Crippen LogP contribution in [0.1, 0.15) is 22.8 Å². The summed E-state index contributed by atoms with van der Waals surface area (Å²) >= 11 is 0. The Labute approximate surface area is 191 Å². The van der Waals surface area contributed by atoms with Gasteiger partial charge in [-0.1, -0.05) is 6.07 Å². The van der Waals surface area contributed by atoms with Gasteiger partial charge in [0.05, 0.1) is 25.0 Å². The number of hydrogen-bond acceptors (Lipinski definition) is 7. The summed E-state index contributed by atoms with van der Waals surface area (Å²) in [6, 6.07) is 15.1. The van der Waals surface area contributed by atoms with Crippen LogP contribution in [0, 0.1) is 5.92 Å². The maximum atomic E-state index is 13.1. The third kappa shape index (κ3) is 4.64. The number of furan rings is 1. The molecule has 0 saturated carbocycles. The molecule has 170 valence electrons. The van der Waals surface area contributed by atoms with E-state index in [0.29, 0.717) is 30.2 Å². The molecular formula is C25H25N3O5. The van der Waals surface area contributed by atoms with Crippen LogP contribution in [0.3, 0.4) is 0 Å². The Kier molecular flexibility index (Phi) is 5.89. The summed E-state index contributed by atoms with van der Waals surface area (Å²) in [5, 5.41) is 7.13. The zero-order chi connectivity index (χ0) is 22.6. The highest BCUT2D eigenvalue weighted by Crippen LogP contribution is 2.33. The summed E-state index contributed by atoms with van der Waals surface area (Å²) in [7, 11) is 1.62. The van der Waals surface area contributed by atoms with E-state index in [1.54, 1.807) is 13.4 Å². The van der Waals surface area contributed by atoms with Crippen LogP contribution < -0.4 is 25.0 Å². The number of anilines is 1. The largest absolute Gasteiger partial charge is 0.497 e. The van der Waals surface area contributed by atoms with Crippen LogP contribution in [0.4, 0.5) is 5.69 Å². The van der Waals surface area contributed by atoms with E-state index in [1.165, 1.54) is 0 Å². The highest BCUT2D eigenvalue weighted by molar-refractivity contribution is 5.94. The number of rotatable bonds is 7. The first kappa shape index (κ1) is 20.9. The second kappa shape index (κ2) is 9.28. The molecule has 2 N–H and O–H groups in total. The SMILES string of the molecule is COc1ccc2c(c1)CC(C(=O)Nc1ccc(C3C=NNC3)cc1OCc1ccco1)CO2. The van der Waals surface area contributed by atoms with Gasteiger partial charge >= 0.3 is 0 Å². The summed E-state index contributed by atoms with van der Waals surface area (Å²) in [4.78, 5) is 13.1. The first-order valence-electron chi connectivity index (χ1n) is 10.9. The van der Waals surface area contributed by atoms with E-state index in [0.717, 1.165) is 29.2 Å². The van der Waals surface area contributed by atoms with Gasteiger partial charge in [0.2, 0.25) is 5.91 Å². The maximum Gasteiger partial charge on any atom is 0.231 e. The molecule has 2 aromatic carbocycles. The molecule has 33 heavy (non-hydrogen) atoms. The van der Waals surface area contributed by atoms with Crippen molar-refractivity contribution >= 4 is 17.8 Å². The molecule has 0 fully saturated rings. The van der Waals surface area contributed by atoms with Crippen molar-refractivity contribution in [3.63, 3.8) is 0 Å². The summed E-state index contributed by atoms with van der Waals surface area (Å²) in [6.07, 6.45) is 4.05. The zero-order valence-corrected chi connectivity index (χ0v) is 18.2. The summed E-state index contributed by atoms with van der Waals surface area (Å²) in [5.74, 6) is 2.52. The second-order valence-electron chi connectivity index (χ2n) is 8.05. The molecule has 0 aliphatic carbocycles. The van der Waals surface area contributed by atoms with Gasteiger partial charge in [-0.2, -0.15) is 5.10 Å². The molecule has 0 radical (unpaired) electrons. The molecule has 0 saturated heterocycles. The lowest BCUT2D eigenvalue weighted by Crippen LogP contribution is -2.32. The van der Waals surface area contributed by atoms with Gasteiger partial charge in [-0.3, -0.25) is 4.79 Å². The maximum absolute atomic E-state index is 13.1. The third-order valence-corrected chi connectivity index (χ3v) is 5.84. The minimum Gasteiger partial charge on any atom is -0.497 e. The topological polar surface area (TPSA) is 94.3 Å². The van der Waals surface area contributed by atoms with Crippen molar-refractivity contribution < 1.29 is 23.4 Å². The highest BCUT2D eigenvalue weighted by atomic mass is 16.5. The lowest BCUT2D eigenvalue weighted by molar-refractivity contribution is -0.121. The number of carbonyl (C=O) groups is 1. The number of nitrogens with zero attached hydrogens (tertiary/aromatic N) is 1. The third-order valence-electron chi connectivity index (χ3n) is 5.84. The van der Waals surface area contributed by atoms with Gasteiger partial charge in [0.1, 0.15) is 36.2 Å². The van der Waals surface area contributed by atoms with Gasteiger partial charge in [0.25, 0.3) is 0 Å². The van der Waals surface area contributed by atoms with Crippen LogP contribution in [-0.2, 0) is 17.8 Å².